The molecular formula is C84H111N22O9+3. The van der Waals surface area contributed by atoms with Crippen molar-refractivity contribution in [2.75, 3.05) is 78.5 Å². The minimum atomic E-state index is -0.867. The molecule has 9 amide bonds. The van der Waals surface area contributed by atoms with E-state index in [-0.39, 0.29) is 39.3 Å². The third kappa shape index (κ3) is 23.7. The lowest BCUT2D eigenvalue weighted by molar-refractivity contribution is -0.739. The average molecular weight is 1570 g/mol. The Labute approximate surface area is 672 Å². The maximum Gasteiger partial charge on any atom is 0.243 e. The summed E-state index contributed by atoms with van der Waals surface area (Å²) in [5, 5.41) is 16.9. The summed E-state index contributed by atoms with van der Waals surface area (Å²) in [5.74, 6) is -5.71. The molecule has 0 radical (unpaired) electrons. The molecule has 3 aromatic heterocycles. The van der Waals surface area contributed by atoms with Gasteiger partial charge in [-0.3, -0.25) is 43.2 Å². The number of rotatable bonds is 42. The van der Waals surface area contributed by atoms with Crippen molar-refractivity contribution in [1.29, 1.82) is 0 Å². The number of aromatic nitrogens is 9. The van der Waals surface area contributed by atoms with E-state index in [1.807, 2.05) is 159 Å². The van der Waals surface area contributed by atoms with Crippen LogP contribution in [-0.4, -0.2) is 201 Å². The molecular weight excluding hydrogens is 1460 g/mol. The summed E-state index contributed by atoms with van der Waals surface area (Å²) in [4.78, 5) is 149. The number of nitrogens with one attached hydrogen (secondary N) is 1. The molecule has 115 heavy (non-hydrogen) atoms. The van der Waals surface area contributed by atoms with Crippen LogP contribution in [0, 0.1) is 0 Å². The molecule has 608 valence electrons. The number of hydrogen-bond donors (Lipinski definition) is 5. The van der Waals surface area contributed by atoms with Crippen molar-refractivity contribution in [2.45, 2.75) is 117 Å². The second-order valence-corrected chi connectivity index (χ2v) is 28.8. The third-order valence-electron chi connectivity index (χ3n) is 20.9. The molecule has 0 spiro atoms. The summed E-state index contributed by atoms with van der Waals surface area (Å²) in [6.07, 6.45) is 5.26. The van der Waals surface area contributed by atoms with Crippen LogP contribution in [0.25, 0.3) is 0 Å². The van der Waals surface area contributed by atoms with Gasteiger partial charge >= 0.3 is 0 Å². The maximum atomic E-state index is 16.1. The van der Waals surface area contributed by atoms with Gasteiger partial charge in [0.05, 0.1) is 84.6 Å². The van der Waals surface area contributed by atoms with Crippen molar-refractivity contribution in [3.63, 3.8) is 0 Å². The van der Waals surface area contributed by atoms with Crippen LogP contribution < -0.4 is 42.3 Å². The normalized spacial score (nSPS) is 12.8. The number of nitrogens with two attached hydrogens (primary N) is 4. The molecule has 9 N–H and O–H groups in total. The van der Waals surface area contributed by atoms with E-state index >= 15 is 28.8 Å². The van der Waals surface area contributed by atoms with E-state index < -0.39 is 142 Å². The van der Waals surface area contributed by atoms with Gasteiger partial charge in [0.1, 0.15) is 86.6 Å². The zero-order valence-corrected chi connectivity index (χ0v) is 67.3. The smallest absolute Gasteiger partial charge is 0.243 e. The zero-order valence-electron chi connectivity index (χ0n) is 67.3. The number of primary amides is 1. The highest BCUT2D eigenvalue weighted by atomic mass is 16.2. The molecule has 0 saturated carbocycles. The van der Waals surface area contributed by atoms with Crippen LogP contribution in [0.4, 0.5) is 0 Å². The van der Waals surface area contributed by atoms with Gasteiger partial charge in [0.25, 0.3) is 0 Å². The standard InChI is InChI=1S/C84H110N22O9/c1-61(67-28-16-10-17-29-67)101(53-76(88)107)82(113)59-105(65(5)71-36-24-14-25-37-71)80(111)54-96(48-74-51-99(44-41-86)91-94(74)8)79(110)57-104(64(4)70-34-22-13-23-35-70)84(115)60-106(66(6)72-38-26-15-27-39-72)81(112)55-97(49-75-52-100(45-42-87)92-95(75)9)78(109)56-103(63(3)69-32-20-12-21-33-69)83(114)58-102(62(2)68-30-18-11-19-31-68)77(108)47-89-46-73-50-98(43-40-85)90-93(73)7/h10-39,50-52,61-66,89H,40-49,53-60,85-87H2,1-9H3,(H-,88,107)/q+2/p+1/t61-,62-,63-,64-,65-,66-/m1/s1. The van der Waals surface area contributed by atoms with Gasteiger partial charge in [-0.1, -0.05) is 182 Å². The van der Waals surface area contributed by atoms with Crippen LogP contribution in [0.3, 0.4) is 0 Å². The van der Waals surface area contributed by atoms with E-state index in [2.05, 4.69) is 21.0 Å². The SMILES string of the molecule is C[C@H](c1ccccc1)N(CC(N)=O)C(=O)CN(C(=O)CN(Cc1cn(CCN)n[n+]1C)C(=O)CN(C(=O)CN(C(=O)CN(Cc1cn(CCN)n[n+]1C)C(=O)CN(C(=O)CN(C(=O)CNCc1cn(CCN)n[n+]1C)[C@H](C)c1ccccc1)[C@H](C)c1ccccc1)[C@H](C)c1ccccc1)[C@H](C)c1ccccc1)[C@H](C)c1ccccc1. The van der Waals surface area contributed by atoms with Crippen molar-refractivity contribution < 1.29 is 57.2 Å². The topological polar surface area (TPSA) is 361 Å². The van der Waals surface area contributed by atoms with Crippen molar-refractivity contribution in [1.82, 2.24) is 74.2 Å². The van der Waals surface area contributed by atoms with Gasteiger partial charge in [-0.05, 0) is 74.9 Å². The summed E-state index contributed by atoms with van der Waals surface area (Å²) in [6, 6.07) is 50.2. The Hall–Kier alpha value is -12.2. The number of amides is 9. The van der Waals surface area contributed by atoms with Crippen molar-refractivity contribution in [3.8, 4) is 0 Å². The number of benzene rings is 6. The first kappa shape index (κ1) is 86.8. The van der Waals surface area contributed by atoms with Crippen LogP contribution >= 0.6 is 0 Å². The minimum Gasteiger partial charge on any atom is -0.368 e. The number of nitrogens with zero attached hydrogens (tertiary/aromatic N) is 17. The average Bonchev–Trinajstić information content (AvgIpc) is 0.909. The Balaban J connectivity index is 1.07. The molecule has 6 atom stereocenters. The highest BCUT2D eigenvalue weighted by Gasteiger charge is 2.39. The molecule has 0 aliphatic heterocycles. The fourth-order valence-electron chi connectivity index (χ4n) is 14.0. The zero-order chi connectivity index (χ0) is 82.8. The highest BCUT2D eigenvalue weighted by Crippen LogP contribution is 2.30. The molecule has 31 nitrogen and oxygen atoms in total. The third-order valence-corrected chi connectivity index (χ3v) is 20.9. The summed E-state index contributed by atoms with van der Waals surface area (Å²) in [6.45, 7) is 7.70. The van der Waals surface area contributed by atoms with Crippen LogP contribution in [-0.2, 0) is 104 Å². The molecule has 0 saturated heterocycles. The Morgan fingerprint density at radius 3 is 0.817 bits per heavy atom. The second kappa shape index (κ2) is 42.1. The van der Waals surface area contributed by atoms with Gasteiger partial charge in [-0.25, -0.2) is 0 Å². The molecule has 6 aromatic carbocycles. The Morgan fingerprint density at radius 2 is 0.557 bits per heavy atom. The Bertz CT molecular complexity index is 4690. The van der Waals surface area contributed by atoms with Crippen LogP contribution in [0.15, 0.2) is 201 Å². The van der Waals surface area contributed by atoms with Crippen LogP contribution in [0.5, 0.6) is 0 Å². The van der Waals surface area contributed by atoms with Gasteiger partial charge in [0.2, 0.25) is 53.2 Å². The van der Waals surface area contributed by atoms with E-state index in [1.54, 1.807) is 133 Å². The first-order valence-electron chi connectivity index (χ1n) is 38.8. The molecule has 9 rings (SSSR count). The van der Waals surface area contributed by atoms with Crippen molar-refractivity contribution in [2.24, 2.45) is 44.1 Å². The van der Waals surface area contributed by atoms with Gasteiger partial charge in [-0.15, -0.1) is 28.1 Å². The number of carbonyl (C=O) groups is 9. The molecule has 0 aliphatic carbocycles. The summed E-state index contributed by atoms with van der Waals surface area (Å²) in [5.41, 5.74) is 29.5. The molecule has 0 aliphatic rings. The van der Waals surface area contributed by atoms with Crippen molar-refractivity contribution in [3.05, 3.63) is 251 Å². The lowest BCUT2D eigenvalue weighted by Gasteiger charge is -2.37. The quantitative estimate of drug-likeness (QED) is 0.0343. The molecule has 9 aromatic rings. The Kier molecular flexibility index (Phi) is 31.8. The summed E-state index contributed by atoms with van der Waals surface area (Å²) in [7, 11) is 5.18. The molecule has 0 fully saturated rings. The predicted octanol–water partition coefficient (Wildman–Crippen LogP) is 2.80. The largest absolute Gasteiger partial charge is 0.368 e. The molecule has 0 unspecified atom stereocenters. The molecule has 31 heteroatoms. The predicted molar refractivity (Wildman–Crippen MR) is 429 cm³/mol. The van der Waals surface area contributed by atoms with Crippen LogP contribution in [0.1, 0.15) is 128 Å². The maximum absolute atomic E-state index is 16.1. The fourth-order valence-corrected chi connectivity index (χ4v) is 14.0. The van der Waals surface area contributed by atoms with Gasteiger partial charge in [0, 0.05) is 19.6 Å². The van der Waals surface area contributed by atoms with E-state index in [0.717, 1.165) is 16.8 Å². The lowest BCUT2D eigenvalue weighted by atomic mass is 10.0. The van der Waals surface area contributed by atoms with E-state index in [4.69, 9.17) is 22.9 Å². The monoisotopic (exact) mass is 1570 g/mol. The van der Waals surface area contributed by atoms with E-state index in [0.29, 0.717) is 59.8 Å². The fraction of sp³-hybridized carbons (Fsp3) is 0.393. The van der Waals surface area contributed by atoms with Crippen LogP contribution in [0.2, 0.25) is 0 Å². The minimum absolute atomic E-state index is 0.165. The van der Waals surface area contributed by atoms with E-state index in [1.165, 1.54) is 39.2 Å². The van der Waals surface area contributed by atoms with Gasteiger partial charge < -0.3 is 67.5 Å². The Morgan fingerprint density at radius 1 is 0.330 bits per heavy atom. The first-order valence-corrected chi connectivity index (χ1v) is 38.8. The first-order chi connectivity index (χ1) is 55.3. The summed E-state index contributed by atoms with van der Waals surface area (Å²) >= 11 is 0. The summed E-state index contributed by atoms with van der Waals surface area (Å²) < 4.78 is 9.76. The number of hydrogen-bond acceptors (Lipinski definition) is 16. The molecule has 0 bridgehead atoms. The highest BCUT2D eigenvalue weighted by molar-refractivity contribution is 5.94. The van der Waals surface area contributed by atoms with Gasteiger partial charge in [-0.2, -0.15) is 0 Å². The number of aryl methyl sites for hydroxylation is 3. The van der Waals surface area contributed by atoms with Gasteiger partial charge in [0.15, 0.2) is 35.7 Å². The second-order valence-electron chi connectivity index (χ2n) is 28.8. The van der Waals surface area contributed by atoms with E-state index in [9.17, 15) is 14.4 Å². The molecule has 3 heterocycles. The lowest BCUT2D eigenvalue weighted by Crippen LogP contribution is -2.53. The van der Waals surface area contributed by atoms with Crippen molar-refractivity contribution >= 4 is 53.2 Å². The number of carbonyl (C=O) groups excluding carboxylic acids is 9.